The molecule has 0 aromatic rings. The van der Waals surface area contributed by atoms with E-state index in [1.165, 1.54) is 89.9 Å². The van der Waals surface area contributed by atoms with Crippen molar-refractivity contribution in [3.05, 3.63) is 0 Å². The van der Waals surface area contributed by atoms with Gasteiger partial charge in [0.25, 0.3) is 0 Å². The molecule has 1 atom stereocenters. The van der Waals surface area contributed by atoms with Crippen molar-refractivity contribution in [2.24, 2.45) is 0 Å². The van der Waals surface area contributed by atoms with Gasteiger partial charge >= 0.3 is 18.1 Å². The second-order valence-electron chi connectivity index (χ2n) is 13.4. The molecule has 0 spiro atoms. The highest BCUT2D eigenvalue weighted by Crippen LogP contribution is 2.12. The summed E-state index contributed by atoms with van der Waals surface area (Å²) in [4.78, 5) is 48.2. The van der Waals surface area contributed by atoms with E-state index in [1.807, 2.05) is 0 Å². The number of carbonyl (C=O) groups excluding carboxylic acids is 3. The molecule has 0 aliphatic carbocycles. The first-order valence-corrected chi connectivity index (χ1v) is 19.8. The molecule has 0 aromatic heterocycles. The molecule has 282 valence electrons. The van der Waals surface area contributed by atoms with Gasteiger partial charge in [0.2, 0.25) is 5.91 Å². The molecule has 0 aliphatic heterocycles. The summed E-state index contributed by atoms with van der Waals surface area (Å²) in [6.07, 6.45) is 27.8. The number of unbranched alkanes of at least 4 members (excludes halogenated alkanes) is 21. The van der Waals surface area contributed by atoms with Crippen LogP contribution in [0.15, 0.2) is 0 Å². The molecule has 0 radical (unpaired) electrons. The van der Waals surface area contributed by atoms with Crippen molar-refractivity contribution in [3.8, 4) is 0 Å². The minimum absolute atomic E-state index is 0.0843. The van der Waals surface area contributed by atoms with Crippen LogP contribution in [-0.2, 0) is 14.3 Å². The summed E-state index contributed by atoms with van der Waals surface area (Å²) in [6.45, 7) is 6.29. The van der Waals surface area contributed by atoms with Gasteiger partial charge in [0.05, 0.1) is 6.61 Å². The van der Waals surface area contributed by atoms with E-state index in [0.29, 0.717) is 45.5 Å². The number of carbonyl (C=O) groups is 4. The molecular formula is C38H74N4O6. The summed E-state index contributed by atoms with van der Waals surface area (Å²) in [6, 6.07) is -1.12. The van der Waals surface area contributed by atoms with Crippen molar-refractivity contribution in [1.29, 1.82) is 0 Å². The van der Waals surface area contributed by atoms with Gasteiger partial charge < -0.3 is 31.1 Å². The Labute approximate surface area is 293 Å². The molecule has 48 heavy (non-hydrogen) atoms. The normalized spacial score (nSPS) is 11.5. The summed E-state index contributed by atoms with van der Waals surface area (Å²) >= 11 is 0. The first-order valence-electron chi connectivity index (χ1n) is 19.8. The van der Waals surface area contributed by atoms with Gasteiger partial charge in [-0.3, -0.25) is 4.79 Å². The lowest BCUT2D eigenvalue weighted by Crippen LogP contribution is -2.47. The Morgan fingerprint density at radius 1 is 0.521 bits per heavy atom. The van der Waals surface area contributed by atoms with Gasteiger partial charge in [-0.1, -0.05) is 136 Å². The van der Waals surface area contributed by atoms with Crippen LogP contribution in [0.3, 0.4) is 0 Å². The Bertz CT molecular complexity index is 782. The molecule has 0 saturated carbocycles. The molecule has 0 bridgehead atoms. The van der Waals surface area contributed by atoms with Gasteiger partial charge in [0.15, 0.2) is 0 Å². The predicted molar refractivity (Wildman–Crippen MR) is 196 cm³/mol. The lowest BCUT2D eigenvalue weighted by molar-refractivity contribution is -0.146. The van der Waals surface area contributed by atoms with E-state index in [2.05, 4.69) is 35.1 Å². The predicted octanol–water partition coefficient (Wildman–Crippen LogP) is 9.15. The van der Waals surface area contributed by atoms with E-state index < -0.39 is 24.1 Å². The molecule has 0 rings (SSSR count). The maximum absolute atomic E-state index is 12.9. The third-order valence-electron chi connectivity index (χ3n) is 8.75. The highest BCUT2D eigenvalue weighted by atomic mass is 16.5. The fourth-order valence-corrected chi connectivity index (χ4v) is 5.71. The second kappa shape index (κ2) is 35.8. The summed E-state index contributed by atoms with van der Waals surface area (Å²) in [5.41, 5.74) is 0. The Balaban J connectivity index is 4.32. The molecule has 10 nitrogen and oxygen atoms in total. The number of amides is 4. The van der Waals surface area contributed by atoms with Crippen LogP contribution >= 0.6 is 0 Å². The average molecular weight is 683 g/mol. The first-order chi connectivity index (χ1) is 23.4. The van der Waals surface area contributed by atoms with Crippen LogP contribution in [0.1, 0.15) is 187 Å². The zero-order valence-corrected chi connectivity index (χ0v) is 31.0. The first kappa shape index (κ1) is 45.5. The molecule has 0 aromatic carbocycles. The van der Waals surface area contributed by atoms with Crippen molar-refractivity contribution in [1.82, 2.24) is 21.3 Å². The van der Waals surface area contributed by atoms with E-state index in [4.69, 9.17) is 9.84 Å². The van der Waals surface area contributed by atoms with E-state index in [9.17, 15) is 19.2 Å². The largest absolute Gasteiger partial charge is 0.465 e. The molecular weight excluding hydrogens is 608 g/mol. The van der Waals surface area contributed by atoms with Gasteiger partial charge in [-0.15, -0.1) is 0 Å². The van der Waals surface area contributed by atoms with Crippen LogP contribution in [0.25, 0.3) is 0 Å². The van der Waals surface area contributed by atoms with Crippen molar-refractivity contribution in [2.45, 2.75) is 193 Å². The van der Waals surface area contributed by atoms with Crippen LogP contribution in [0.5, 0.6) is 0 Å². The number of rotatable bonds is 35. The topological polar surface area (TPSA) is 146 Å². The van der Waals surface area contributed by atoms with Gasteiger partial charge in [0, 0.05) is 26.1 Å². The van der Waals surface area contributed by atoms with Crippen LogP contribution in [0.2, 0.25) is 0 Å². The van der Waals surface area contributed by atoms with Crippen molar-refractivity contribution in [2.75, 3.05) is 26.2 Å². The minimum Gasteiger partial charge on any atom is -0.465 e. The molecule has 5 N–H and O–H groups in total. The SMILES string of the molecule is CCCCCCCCCCCCOC(=O)[C@H](CCCCNC(=O)CCCCCCCCCCC)NC(=O)NCCCCCCNC(=O)O. The molecule has 0 saturated heterocycles. The number of nitrogens with one attached hydrogen (secondary N) is 4. The minimum atomic E-state index is -1.01. The number of esters is 1. The van der Waals surface area contributed by atoms with Gasteiger partial charge in [-0.05, 0) is 44.9 Å². The van der Waals surface area contributed by atoms with Crippen molar-refractivity contribution < 1.29 is 29.0 Å². The fraction of sp³-hybridized carbons (Fsp3) is 0.895. The maximum Gasteiger partial charge on any atom is 0.404 e. The Morgan fingerprint density at radius 2 is 0.958 bits per heavy atom. The molecule has 0 fully saturated rings. The fourth-order valence-electron chi connectivity index (χ4n) is 5.71. The number of hydrogen-bond acceptors (Lipinski definition) is 5. The molecule has 0 unspecified atom stereocenters. The highest BCUT2D eigenvalue weighted by Gasteiger charge is 2.22. The average Bonchev–Trinajstić information content (AvgIpc) is 3.06. The number of ether oxygens (including phenoxy) is 1. The Kier molecular flexibility index (Phi) is 33.9. The second-order valence-corrected chi connectivity index (χ2v) is 13.4. The monoisotopic (exact) mass is 683 g/mol. The molecule has 0 heterocycles. The van der Waals surface area contributed by atoms with Crippen LogP contribution in [0, 0.1) is 0 Å². The summed E-state index contributed by atoms with van der Waals surface area (Å²) in [7, 11) is 0. The van der Waals surface area contributed by atoms with Gasteiger partial charge in [-0.25, -0.2) is 14.4 Å². The zero-order chi connectivity index (χ0) is 35.3. The molecule has 0 aliphatic rings. The third-order valence-corrected chi connectivity index (χ3v) is 8.75. The lowest BCUT2D eigenvalue weighted by Gasteiger charge is -2.18. The van der Waals surface area contributed by atoms with Gasteiger partial charge in [-0.2, -0.15) is 0 Å². The van der Waals surface area contributed by atoms with E-state index >= 15 is 0 Å². The van der Waals surface area contributed by atoms with Crippen LogP contribution in [-0.4, -0.2) is 61.4 Å². The van der Waals surface area contributed by atoms with Gasteiger partial charge in [0.1, 0.15) is 6.04 Å². The maximum atomic E-state index is 12.9. The quantitative estimate of drug-likeness (QED) is 0.0333. The summed E-state index contributed by atoms with van der Waals surface area (Å²) in [5.74, 6) is -0.317. The number of carboxylic acid groups (broad SMARTS) is 1. The Morgan fingerprint density at radius 3 is 1.50 bits per heavy atom. The van der Waals surface area contributed by atoms with Crippen molar-refractivity contribution in [3.63, 3.8) is 0 Å². The van der Waals surface area contributed by atoms with E-state index in [-0.39, 0.29) is 5.91 Å². The van der Waals surface area contributed by atoms with Crippen LogP contribution < -0.4 is 21.3 Å². The zero-order valence-electron chi connectivity index (χ0n) is 31.0. The number of hydrogen-bond donors (Lipinski definition) is 5. The summed E-state index contributed by atoms with van der Waals surface area (Å²) in [5, 5.41) is 19.6. The molecule has 10 heteroatoms. The van der Waals surface area contributed by atoms with E-state index in [1.54, 1.807) is 0 Å². The third kappa shape index (κ3) is 33.4. The smallest absolute Gasteiger partial charge is 0.404 e. The summed E-state index contributed by atoms with van der Waals surface area (Å²) < 4.78 is 5.57. The molecule has 4 amide bonds. The lowest BCUT2D eigenvalue weighted by atomic mass is 10.1. The standard InChI is InChI=1S/C38H74N4O6/c1-3-5-7-9-11-13-15-17-21-27-33-48-36(44)34(42-37(45)40-31-24-19-20-25-32-41-38(46)47)28-23-26-30-39-35(43)29-22-18-16-14-12-10-8-6-4-2/h34,41H,3-33H2,1-2H3,(H,39,43)(H,46,47)(H2,40,42,45)/t34-/m0/s1. The van der Waals surface area contributed by atoms with Crippen molar-refractivity contribution >= 4 is 24.0 Å². The Hall–Kier alpha value is -2.52. The number of urea groups is 1. The van der Waals surface area contributed by atoms with E-state index in [0.717, 1.165) is 64.2 Å². The van der Waals surface area contributed by atoms with Crippen LogP contribution in [0.4, 0.5) is 9.59 Å². The highest BCUT2D eigenvalue weighted by molar-refractivity contribution is 5.83.